The highest BCUT2D eigenvalue weighted by molar-refractivity contribution is 8.06. The van der Waals surface area contributed by atoms with Gasteiger partial charge in [-0.3, -0.25) is 9.10 Å². The molecule has 0 spiro atoms. The van der Waals surface area contributed by atoms with E-state index in [4.69, 9.17) is 14.6 Å². The van der Waals surface area contributed by atoms with E-state index in [2.05, 4.69) is 0 Å². The summed E-state index contributed by atoms with van der Waals surface area (Å²) in [5, 5.41) is 7.45. The van der Waals surface area contributed by atoms with E-state index in [0.717, 1.165) is 4.31 Å². The van der Waals surface area contributed by atoms with Gasteiger partial charge in [0.15, 0.2) is 0 Å². The number of rotatable bonds is 7. The quantitative estimate of drug-likeness (QED) is 0.686. The van der Waals surface area contributed by atoms with E-state index in [1.807, 2.05) is 0 Å². The summed E-state index contributed by atoms with van der Waals surface area (Å²) in [5.41, 5.74) is 0.920. The van der Waals surface area contributed by atoms with Crippen molar-refractivity contribution in [3.63, 3.8) is 0 Å². The van der Waals surface area contributed by atoms with E-state index in [-0.39, 0.29) is 25.3 Å². The Kier molecular flexibility index (Phi) is 6.38. The van der Waals surface area contributed by atoms with Crippen molar-refractivity contribution in [3.8, 4) is 5.75 Å². The molecular weight excluding hydrogens is 398 g/mol. The zero-order valence-corrected chi connectivity index (χ0v) is 16.4. The number of benzene rings is 2. The normalized spacial score (nSPS) is 15.9. The zero-order chi connectivity index (χ0) is 20.9. The molecule has 2 aromatic carbocycles. The predicted molar refractivity (Wildman–Crippen MR) is 105 cm³/mol. The SMILES string of the molecule is O=C(O)CCC[C@H]1CN(S(=O)(=O)C(=O)OCc2ccccc2)c2ccccc2O1. The Morgan fingerprint density at radius 1 is 1.10 bits per heavy atom. The number of carbonyl (C=O) groups is 2. The molecule has 1 N–H and O–H groups in total. The Labute approximate surface area is 168 Å². The van der Waals surface area contributed by atoms with Gasteiger partial charge in [-0.05, 0) is 30.5 Å². The molecule has 1 heterocycles. The van der Waals surface area contributed by atoms with Crippen LogP contribution < -0.4 is 9.04 Å². The lowest BCUT2D eigenvalue weighted by Crippen LogP contribution is -2.46. The molecule has 0 radical (unpaired) electrons. The Balaban J connectivity index is 1.76. The van der Waals surface area contributed by atoms with Gasteiger partial charge in [0.05, 0.1) is 12.2 Å². The Bertz CT molecular complexity index is 975. The molecule has 0 fully saturated rings. The van der Waals surface area contributed by atoms with E-state index in [1.54, 1.807) is 54.6 Å². The second kappa shape index (κ2) is 8.95. The number of ether oxygens (including phenoxy) is 2. The van der Waals surface area contributed by atoms with Crippen LogP contribution in [-0.4, -0.2) is 37.4 Å². The maximum atomic E-state index is 12.9. The first-order chi connectivity index (χ1) is 13.9. The average Bonchev–Trinajstić information content (AvgIpc) is 2.71. The molecule has 9 heteroatoms. The van der Waals surface area contributed by atoms with Crippen LogP contribution in [-0.2, 0) is 26.2 Å². The van der Waals surface area contributed by atoms with Crippen molar-refractivity contribution >= 4 is 27.0 Å². The minimum Gasteiger partial charge on any atom is -0.486 e. The largest absolute Gasteiger partial charge is 0.486 e. The van der Waals surface area contributed by atoms with Gasteiger partial charge in [0, 0.05) is 6.42 Å². The molecule has 0 aliphatic carbocycles. The van der Waals surface area contributed by atoms with Gasteiger partial charge in [0.1, 0.15) is 18.5 Å². The topological polar surface area (TPSA) is 110 Å². The van der Waals surface area contributed by atoms with Gasteiger partial charge in [-0.15, -0.1) is 0 Å². The van der Waals surface area contributed by atoms with Crippen molar-refractivity contribution in [1.29, 1.82) is 0 Å². The van der Waals surface area contributed by atoms with Gasteiger partial charge in [0.2, 0.25) is 0 Å². The molecule has 0 saturated carbocycles. The lowest BCUT2D eigenvalue weighted by Gasteiger charge is -2.34. The third-order valence-electron chi connectivity index (χ3n) is 4.41. The number of carboxylic acid groups (broad SMARTS) is 1. The van der Waals surface area contributed by atoms with E-state index < -0.39 is 27.4 Å². The van der Waals surface area contributed by atoms with E-state index >= 15 is 0 Å². The van der Waals surface area contributed by atoms with Crippen LogP contribution in [0.2, 0.25) is 0 Å². The molecule has 2 aromatic rings. The van der Waals surface area contributed by atoms with Gasteiger partial charge in [0.25, 0.3) is 0 Å². The molecule has 0 bridgehead atoms. The molecule has 8 nitrogen and oxygen atoms in total. The summed E-state index contributed by atoms with van der Waals surface area (Å²) >= 11 is 0. The number of sulfonamides is 1. The van der Waals surface area contributed by atoms with Crippen LogP contribution >= 0.6 is 0 Å². The Morgan fingerprint density at radius 3 is 2.52 bits per heavy atom. The number of hydrogen-bond acceptors (Lipinski definition) is 6. The second-order valence-electron chi connectivity index (χ2n) is 6.55. The molecule has 0 aromatic heterocycles. The van der Waals surface area contributed by atoms with Crippen LogP contribution in [0.4, 0.5) is 10.5 Å². The minimum atomic E-state index is -4.44. The monoisotopic (exact) mass is 419 g/mol. The van der Waals surface area contributed by atoms with Crippen LogP contribution in [0.25, 0.3) is 0 Å². The van der Waals surface area contributed by atoms with Crippen molar-refractivity contribution in [1.82, 2.24) is 0 Å². The first-order valence-corrected chi connectivity index (χ1v) is 10.5. The molecule has 154 valence electrons. The number of nitrogens with zero attached hydrogens (tertiary/aromatic N) is 1. The first kappa shape index (κ1) is 20.7. The fourth-order valence-corrected chi connectivity index (χ4v) is 4.16. The number of carboxylic acids is 1. The number of fused-ring (bicyclic) bond motifs is 1. The third-order valence-corrected chi connectivity index (χ3v) is 5.88. The van der Waals surface area contributed by atoms with Crippen LogP contribution in [0.5, 0.6) is 5.75 Å². The number of para-hydroxylation sites is 2. The fourth-order valence-electron chi connectivity index (χ4n) is 3.00. The molecule has 0 saturated heterocycles. The number of anilines is 1. The van der Waals surface area contributed by atoms with Crippen molar-refractivity contribution < 1.29 is 32.6 Å². The number of hydrogen-bond donors (Lipinski definition) is 1. The summed E-state index contributed by atoms with van der Waals surface area (Å²) in [7, 11) is -4.44. The predicted octanol–water partition coefficient (Wildman–Crippen LogP) is 3.18. The van der Waals surface area contributed by atoms with Gasteiger partial charge < -0.3 is 14.6 Å². The Morgan fingerprint density at radius 2 is 1.79 bits per heavy atom. The highest BCUT2D eigenvalue weighted by atomic mass is 32.2. The summed E-state index contributed by atoms with van der Waals surface area (Å²) in [5.74, 6) is -0.617. The summed E-state index contributed by atoms with van der Waals surface area (Å²) in [6.07, 6.45) is 0.0501. The summed E-state index contributed by atoms with van der Waals surface area (Å²) in [4.78, 5) is 23.1. The maximum Gasteiger partial charge on any atom is 0.445 e. The molecule has 1 aliphatic heterocycles. The summed E-state index contributed by atoms with van der Waals surface area (Å²) in [6.45, 7) is -0.258. The van der Waals surface area contributed by atoms with Crippen molar-refractivity contribution in [2.24, 2.45) is 0 Å². The molecular formula is C20H21NO7S. The molecule has 3 rings (SSSR count). The number of aliphatic carboxylic acids is 1. The highest BCUT2D eigenvalue weighted by Gasteiger charge is 2.38. The lowest BCUT2D eigenvalue weighted by atomic mass is 10.1. The molecule has 0 unspecified atom stereocenters. The summed E-state index contributed by atoms with van der Waals surface area (Å²) in [6, 6.07) is 15.3. The first-order valence-electron chi connectivity index (χ1n) is 9.09. The lowest BCUT2D eigenvalue weighted by molar-refractivity contribution is -0.137. The van der Waals surface area contributed by atoms with Crippen molar-refractivity contribution in [2.75, 3.05) is 10.8 Å². The highest BCUT2D eigenvalue weighted by Crippen LogP contribution is 2.36. The second-order valence-corrected chi connectivity index (χ2v) is 8.28. The van der Waals surface area contributed by atoms with Crippen molar-refractivity contribution in [3.05, 3.63) is 60.2 Å². The average molecular weight is 419 g/mol. The van der Waals surface area contributed by atoms with Gasteiger partial charge in [-0.25, -0.2) is 4.79 Å². The standard InChI is InChI=1S/C20H21NO7S/c22-19(23)12-6-9-16-13-21(17-10-4-5-11-18(17)28-16)29(25,26)20(24)27-14-15-7-2-1-3-8-15/h1-5,7-8,10-11,16H,6,9,12-14H2,(H,22,23)/t16-/m0/s1. The van der Waals surface area contributed by atoms with E-state index in [0.29, 0.717) is 24.2 Å². The molecule has 29 heavy (non-hydrogen) atoms. The third kappa shape index (κ3) is 5.05. The van der Waals surface area contributed by atoms with Crippen LogP contribution in [0, 0.1) is 0 Å². The Hall–Kier alpha value is -3.07. The molecule has 1 aliphatic rings. The van der Waals surface area contributed by atoms with E-state index in [1.165, 1.54) is 0 Å². The van der Waals surface area contributed by atoms with Crippen molar-refractivity contribution in [2.45, 2.75) is 32.0 Å². The summed E-state index contributed by atoms with van der Waals surface area (Å²) < 4.78 is 37.6. The molecule has 0 amide bonds. The minimum absolute atomic E-state index is 0.0482. The smallest absolute Gasteiger partial charge is 0.445 e. The van der Waals surface area contributed by atoms with Gasteiger partial charge in [-0.2, -0.15) is 8.42 Å². The molecule has 1 atom stereocenters. The number of carbonyl (C=O) groups excluding carboxylic acids is 1. The van der Waals surface area contributed by atoms with E-state index in [9.17, 15) is 18.0 Å². The maximum absolute atomic E-state index is 12.9. The van der Waals surface area contributed by atoms with Gasteiger partial charge in [-0.1, -0.05) is 42.5 Å². The van der Waals surface area contributed by atoms with Gasteiger partial charge >= 0.3 is 21.3 Å². The zero-order valence-electron chi connectivity index (χ0n) is 15.6. The fraction of sp³-hybridized carbons (Fsp3) is 0.300. The van der Waals surface area contributed by atoms with Crippen LogP contribution in [0.15, 0.2) is 54.6 Å². The van der Waals surface area contributed by atoms with Crippen LogP contribution in [0.3, 0.4) is 0 Å². The van der Waals surface area contributed by atoms with Crippen LogP contribution in [0.1, 0.15) is 24.8 Å².